The maximum absolute atomic E-state index is 10.1. The van der Waals surface area contributed by atoms with Crippen molar-refractivity contribution in [2.45, 2.75) is 27.1 Å². The fourth-order valence-electron chi connectivity index (χ4n) is 1.06. The van der Waals surface area contributed by atoms with E-state index in [4.69, 9.17) is 31.3 Å². The van der Waals surface area contributed by atoms with Crippen molar-refractivity contribution >= 4 is 17.9 Å². The molecule has 122 valence electrons. The molecule has 0 amide bonds. The fourth-order valence-corrected chi connectivity index (χ4v) is 1.18. The molecule has 0 aliphatic carbocycles. The van der Waals surface area contributed by atoms with Crippen molar-refractivity contribution in [1.29, 1.82) is 0 Å². The number of rotatable bonds is 6. The van der Waals surface area contributed by atoms with Gasteiger partial charge in [0.2, 0.25) is 0 Å². The Kier molecular flexibility index (Phi) is 18.1. The predicted octanol–water partition coefficient (Wildman–Crippen LogP) is 2.53. The zero-order chi connectivity index (χ0) is 16.5. The molecule has 0 saturated heterocycles. The van der Waals surface area contributed by atoms with Gasteiger partial charge in [-0.1, -0.05) is 23.7 Å². The third kappa shape index (κ3) is 17.0. The maximum Gasteiger partial charge on any atom is 0.154 e. The molecule has 6 heteroatoms. The average molecular weight is 321 g/mol. The molecule has 1 aromatic carbocycles. The summed E-state index contributed by atoms with van der Waals surface area (Å²) < 4.78 is 10.1. The van der Waals surface area contributed by atoms with Crippen molar-refractivity contribution in [1.82, 2.24) is 0 Å². The van der Waals surface area contributed by atoms with Crippen LogP contribution in [-0.4, -0.2) is 49.2 Å². The Morgan fingerprint density at radius 1 is 1.10 bits per heavy atom. The molecule has 1 rings (SSSR count). The molecule has 0 atom stereocenters. The van der Waals surface area contributed by atoms with Gasteiger partial charge in [0.25, 0.3) is 0 Å². The van der Waals surface area contributed by atoms with Crippen LogP contribution in [0.2, 0.25) is 5.02 Å². The fraction of sp³-hybridized carbons (Fsp3) is 0.533. The molecule has 0 spiro atoms. The van der Waals surface area contributed by atoms with E-state index in [1.807, 2.05) is 20.8 Å². The van der Waals surface area contributed by atoms with Crippen molar-refractivity contribution in [3.8, 4) is 0 Å². The lowest BCUT2D eigenvalue weighted by molar-refractivity contribution is -0.123. The van der Waals surface area contributed by atoms with E-state index >= 15 is 0 Å². The molecule has 0 aliphatic rings. The number of ether oxygens (including phenoxy) is 2. The number of hydrogen-bond acceptors (Lipinski definition) is 5. The number of hydrogen-bond donors (Lipinski definition) is 2. The molecule has 0 fully saturated rings. The van der Waals surface area contributed by atoms with Crippen molar-refractivity contribution in [3.63, 3.8) is 0 Å². The second-order valence-corrected chi connectivity index (χ2v) is 4.03. The SMILES string of the molecule is CCOC(C)OCC.O=Cc1ccc(Cl)cc1.OCCO. The highest BCUT2D eigenvalue weighted by Gasteiger charge is 1.94. The summed E-state index contributed by atoms with van der Waals surface area (Å²) in [6.07, 6.45) is 0.751. The van der Waals surface area contributed by atoms with E-state index in [0.717, 1.165) is 19.5 Å². The van der Waals surface area contributed by atoms with Gasteiger partial charge in [-0.3, -0.25) is 4.79 Å². The molecule has 21 heavy (non-hydrogen) atoms. The zero-order valence-electron chi connectivity index (χ0n) is 12.8. The van der Waals surface area contributed by atoms with Gasteiger partial charge in [-0.15, -0.1) is 0 Å². The summed E-state index contributed by atoms with van der Waals surface area (Å²) >= 11 is 5.55. The van der Waals surface area contributed by atoms with Gasteiger partial charge in [-0.05, 0) is 32.9 Å². The average Bonchev–Trinajstić information content (AvgIpc) is 2.49. The number of carbonyl (C=O) groups excluding carboxylic acids is 1. The summed E-state index contributed by atoms with van der Waals surface area (Å²) in [5.41, 5.74) is 0.652. The molecule has 1 aromatic rings. The standard InChI is InChI=1S/C7H5ClO.C6H14O2.C2H6O2/c8-7-3-1-6(5-9)2-4-7;1-4-7-6(3)8-5-2;3-1-2-4/h1-5H;6H,4-5H2,1-3H3;3-4H,1-2H2. The molecule has 0 unspecified atom stereocenters. The van der Waals surface area contributed by atoms with Crippen LogP contribution in [0.1, 0.15) is 31.1 Å². The quantitative estimate of drug-likeness (QED) is 0.622. The van der Waals surface area contributed by atoms with E-state index < -0.39 is 0 Å². The Hall–Kier alpha value is -0.980. The second kappa shape index (κ2) is 17.1. The van der Waals surface area contributed by atoms with E-state index in [9.17, 15) is 4.79 Å². The molecule has 0 radical (unpaired) electrons. The first-order valence-corrected chi connectivity index (χ1v) is 7.09. The van der Waals surface area contributed by atoms with E-state index in [2.05, 4.69) is 0 Å². The molecular formula is C15H25ClO5. The summed E-state index contributed by atoms with van der Waals surface area (Å²) in [6.45, 7) is 7.00. The normalized spacial score (nSPS) is 9.29. The highest BCUT2D eigenvalue weighted by atomic mass is 35.5. The Balaban J connectivity index is 0. The number of halogens is 1. The van der Waals surface area contributed by atoms with Crippen LogP contribution in [0.4, 0.5) is 0 Å². The first kappa shape index (κ1) is 22.3. The van der Waals surface area contributed by atoms with Crippen LogP contribution in [-0.2, 0) is 9.47 Å². The maximum atomic E-state index is 10.1. The van der Waals surface area contributed by atoms with Gasteiger partial charge in [0, 0.05) is 23.8 Å². The van der Waals surface area contributed by atoms with Gasteiger partial charge in [0.05, 0.1) is 13.2 Å². The van der Waals surface area contributed by atoms with Crippen molar-refractivity contribution < 1.29 is 24.5 Å². The van der Waals surface area contributed by atoms with Crippen LogP contribution in [0.25, 0.3) is 0 Å². The third-order valence-corrected chi connectivity index (χ3v) is 2.16. The Bertz CT molecular complexity index is 321. The molecule has 0 saturated carbocycles. The summed E-state index contributed by atoms with van der Waals surface area (Å²) in [7, 11) is 0. The van der Waals surface area contributed by atoms with Gasteiger partial charge in [-0.25, -0.2) is 0 Å². The lowest BCUT2D eigenvalue weighted by atomic mass is 10.2. The summed E-state index contributed by atoms with van der Waals surface area (Å²) in [5, 5.41) is 15.9. The summed E-state index contributed by atoms with van der Waals surface area (Å²) in [6, 6.07) is 6.72. The van der Waals surface area contributed by atoms with E-state index in [1.54, 1.807) is 24.3 Å². The van der Waals surface area contributed by atoms with Crippen LogP contribution < -0.4 is 0 Å². The van der Waals surface area contributed by atoms with Crippen LogP contribution in [0.15, 0.2) is 24.3 Å². The lowest BCUT2D eigenvalue weighted by Crippen LogP contribution is -2.11. The van der Waals surface area contributed by atoms with Gasteiger partial charge in [0.15, 0.2) is 6.29 Å². The van der Waals surface area contributed by atoms with Crippen LogP contribution in [0, 0.1) is 0 Å². The highest BCUT2D eigenvalue weighted by Crippen LogP contribution is 2.07. The first-order valence-electron chi connectivity index (χ1n) is 6.71. The molecule has 0 aromatic heterocycles. The van der Waals surface area contributed by atoms with Crippen molar-refractivity contribution in [3.05, 3.63) is 34.9 Å². The largest absolute Gasteiger partial charge is 0.394 e. The molecule has 0 bridgehead atoms. The van der Waals surface area contributed by atoms with Crippen LogP contribution >= 0.6 is 11.6 Å². The van der Waals surface area contributed by atoms with Gasteiger partial charge in [0.1, 0.15) is 6.29 Å². The molecule has 5 nitrogen and oxygen atoms in total. The second-order valence-electron chi connectivity index (χ2n) is 3.59. The number of benzene rings is 1. The van der Waals surface area contributed by atoms with Crippen LogP contribution in [0.3, 0.4) is 0 Å². The smallest absolute Gasteiger partial charge is 0.154 e. The Morgan fingerprint density at radius 2 is 1.52 bits per heavy atom. The third-order valence-electron chi connectivity index (χ3n) is 1.91. The number of aliphatic hydroxyl groups is 2. The minimum Gasteiger partial charge on any atom is -0.394 e. The van der Waals surface area contributed by atoms with Crippen molar-refractivity contribution in [2.75, 3.05) is 26.4 Å². The molecule has 0 heterocycles. The van der Waals surface area contributed by atoms with Gasteiger partial charge in [-0.2, -0.15) is 0 Å². The molecular weight excluding hydrogens is 296 g/mol. The molecule has 0 aliphatic heterocycles. The van der Waals surface area contributed by atoms with E-state index in [1.165, 1.54) is 0 Å². The van der Waals surface area contributed by atoms with Gasteiger partial charge < -0.3 is 19.7 Å². The monoisotopic (exact) mass is 320 g/mol. The first-order chi connectivity index (χ1) is 10.0. The molecule has 2 N–H and O–H groups in total. The van der Waals surface area contributed by atoms with Crippen LogP contribution in [0.5, 0.6) is 0 Å². The van der Waals surface area contributed by atoms with E-state index in [0.29, 0.717) is 10.6 Å². The highest BCUT2D eigenvalue weighted by molar-refractivity contribution is 6.30. The van der Waals surface area contributed by atoms with Gasteiger partial charge >= 0.3 is 0 Å². The topological polar surface area (TPSA) is 76.0 Å². The Labute approximate surface area is 131 Å². The Morgan fingerprint density at radius 3 is 1.81 bits per heavy atom. The van der Waals surface area contributed by atoms with E-state index in [-0.39, 0.29) is 19.5 Å². The van der Waals surface area contributed by atoms with Crippen molar-refractivity contribution in [2.24, 2.45) is 0 Å². The summed E-state index contributed by atoms with van der Waals surface area (Å²) in [4.78, 5) is 10.1. The zero-order valence-corrected chi connectivity index (χ0v) is 13.5. The number of aldehydes is 1. The lowest BCUT2D eigenvalue weighted by Gasteiger charge is -2.09. The predicted molar refractivity (Wildman–Crippen MR) is 83.7 cm³/mol. The number of carbonyl (C=O) groups is 1. The summed E-state index contributed by atoms with van der Waals surface area (Å²) in [5.74, 6) is 0. The minimum atomic E-state index is -0.125. The minimum absolute atomic E-state index is 0.0370. The number of aliphatic hydroxyl groups excluding tert-OH is 2.